The lowest BCUT2D eigenvalue weighted by Gasteiger charge is -2.33. The second kappa shape index (κ2) is 6.10. The Kier molecular flexibility index (Phi) is 4.47. The lowest BCUT2D eigenvalue weighted by atomic mass is 10.0. The van der Waals surface area contributed by atoms with Crippen molar-refractivity contribution in [2.45, 2.75) is 32.4 Å². The number of amides is 1. The van der Waals surface area contributed by atoms with Crippen LogP contribution < -0.4 is 5.32 Å². The molecule has 1 aromatic rings. The molecule has 1 atom stereocenters. The Bertz CT molecular complexity index is 445. The van der Waals surface area contributed by atoms with Crippen LogP contribution in [0.15, 0.2) is 18.2 Å². The standard InChI is InChI=1S/C14H18F2N2O/c1-10(19)17-14-3-2-4-18(9-14)8-11-5-12(15)7-13(16)6-11/h5-7,14H,2-4,8-9H2,1H3,(H,17,19). The van der Waals surface area contributed by atoms with E-state index >= 15 is 0 Å². The average Bonchev–Trinajstić information content (AvgIpc) is 2.26. The highest BCUT2D eigenvalue weighted by Gasteiger charge is 2.20. The molecule has 1 aromatic carbocycles. The summed E-state index contributed by atoms with van der Waals surface area (Å²) >= 11 is 0. The summed E-state index contributed by atoms with van der Waals surface area (Å²) in [5, 5.41) is 2.89. The second-order valence-corrected chi connectivity index (χ2v) is 5.05. The van der Waals surface area contributed by atoms with Gasteiger partial charge in [0.2, 0.25) is 5.91 Å². The van der Waals surface area contributed by atoms with Gasteiger partial charge in [0, 0.05) is 32.1 Å². The van der Waals surface area contributed by atoms with Crippen LogP contribution in [0.1, 0.15) is 25.3 Å². The molecule has 104 valence electrons. The summed E-state index contributed by atoms with van der Waals surface area (Å²) in [6.07, 6.45) is 1.93. The number of hydrogen-bond acceptors (Lipinski definition) is 2. The van der Waals surface area contributed by atoms with Gasteiger partial charge in [-0.15, -0.1) is 0 Å². The summed E-state index contributed by atoms with van der Waals surface area (Å²) in [6.45, 7) is 3.61. The van der Waals surface area contributed by atoms with Crippen molar-refractivity contribution >= 4 is 5.91 Å². The van der Waals surface area contributed by atoms with E-state index in [-0.39, 0.29) is 11.9 Å². The number of nitrogens with zero attached hydrogens (tertiary/aromatic N) is 1. The molecular formula is C14H18F2N2O. The maximum atomic E-state index is 13.1. The van der Waals surface area contributed by atoms with E-state index in [0.717, 1.165) is 32.0 Å². The normalized spacial score (nSPS) is 20.3. The first-order valence-electron chi connectivity index (χ1n) is 6.47. The summed E-state index contributed by atoms with van der Waals surface area (Å²) in [4.78, 5) is 13.1. The number of likely N-dealkylation sites (tertiary alicyclic amines) is 1. The Hall–Kier alpha value is -1.49. The Balaban J connectivity index is 1.96. The van der Waals surface area contributed by atoms with Crippen molar-refractivity contribution in [3.63, 3.8) is 0 Å². The van der Waals surface area contributed by atoms with Crippen LogP contribution in [0.25, 0.3) is 0 Å². The van der Waals surface area contributed by atoms with Crippen LogP contribution in [0.2, 0.25) is 0 Å². The van der Waals surface area contributed by atoms with Gasteiger partial charge in [0.05, 0.1) is 0 Å². The summed E-state index contributed by atoms with van der Waals surface area (Å²) in [5.41, 5.74) is 0.626. The van der Waals surface area contributed by atoms with E-state index in [0.29, 0.717) is 12.1 Å². The highest BCUT2D eigenvalue weighted by molar-refractivity contribution is 5.73. The molecule has 5 heteroatoms. The van der Waals surface area contributed by atoms with Crippen molar-refractivity contribution in [2.24, 2.45) is 0 Å². The van der Waals surface area contributed by atoms with Gasteiger partial charge in [-0.2, -0.15) is 0 Å². The third-order valence-corrected chi connectivity index (χ3v) is 3.24. The van der Waals surface area contributed by atoms with E-state index in [1.54, 1.807) is 0 Å². The molecule has 1 amide bonds. The predicted molar refractivity (Wildman–Crippen MR) is 68.5 cm³/mol. The number of benzene rings is 1. The van der Waals surface area contributed by atoms with E-state index in [1.165, 1.54) is 19.1 Å². The Morgan fingerprint density at radius 3 is 2.68 bits per heavy atom. The van der Waals surface area contributed by atoms with Crippen LogP contribution >= 0.6 is 0 Å². The number of hydrogen-bond donors (Lipinski definition) is 1. The lowest BCUT2D eigenvalue weighted by Crippen LogP contribution is -2.46. The molecule has 1 unspecified atom stereocenters. The molecule has 1 heterocycles. The molecule has 1 saturated heterocycles. The minimum Gasteiger partial charge on any atom is -0.352 e. The largest absolute Gasteiger partial charge is 0.352 e. The van der Waals surface area contributed by atoms with Gasteiger partial charge in [0.1, 0.15) is 11.6 Å². The molecule has 0 aliphatic carbocycles. The number of carbonyl (C=O) groups excluding carboxylic acids is 1. The van der Waals surface area contributed by atoms with Crippen LogP contribution in [0.4, 0.5) is 8.78 Å². The summed E-state index contributed by atoms with van der Waals surface area (Å²) in [7, 11) is 0. The number of rotatable bonds is 3. The van der Waals surface area contributed by atoms with Crippen LogP contribution in [0.5, 0.6) is 0 Å². The molecule has 1 aliphatic rings. The summed E-state index contributed by atoms with van der Waals surface area (Å²) < 4.78 is 26.2. The molecule has 0 saturated carbocycles. The predicted octanol–water partition coefficient (Wildman–Crippen LogP) is 2.07. The van der Waals surface area contributed by atoms with Crippen molar-refractivity contribution in [2.75, 3.05) is 13.1 Å². The van der Waals surface area contributed by atoms with E-state index in [2.05, 4.69) is 10.2 Å². The highest BCUT2D eigenvalue weighted by atomic mass is 19.1. The number of halogens is 2. The molecule has 2 rings (SSSR count). The molecule has 3 nitrogen and oxygen atoms in total. The molecule has 1 fully saturated rings. The zero-order chi connectivity index (χ0) is 13.8. The maximum Gasteiger partial charge on any atom is 0.217 e. The Morgan fingerprint density at radius 1 is 1.37 bits per heavy atom. The van der Waals surface area contributed by atoms with Gasteiger partial charge in [0.25, 0.3) is 0 Å². The molecule has 0 bridgehead atoms. The molecule has 1 aliphatic heterocycles. The maximum absolute atomic E-state index is 13.1. The first kappa shape index (κ1) is 13.9. The summed E-state index contributed by atoms with van der Waals surface area (Å²) in [5.74, 6) is -1.14. The van der Waals surface area contributed by atoms with Gasteiger partial charge >= 0.3 is 0 Å². The second-order valence-electron chi connectivity index (χ2n) is 5.05. The van der Waals surface area contributed by atoms with Gasteiger partial charge < -0.3 is 5.32 Å². The van der Waals surface area contributed by atoms with Gasteiger partial charge in [-0.1, -0.05) is 0 Å². The monoisotopic (exact) mass is 268 g/mol. The van der Waals surface area contributed by atoms with E-state index in [9.17, 15) is 13.6 Å². The zero-order valence-electron chi connectivity index (χ0n) is 11.0. The molecule has 19 heavy (non-hydrogen) atoms. The van der Waals surface area contributed by atoms with E-state index in [1.807, 2.05) is 0 Å². The van der Waals surface area contributed by atoms with Crippen molar-refractivity contribution in [3.05, 3.63) is 35.4 Å². The Labute approximate surface area is 111 Å². The number of piperidine rings is 1. The van der Waals surface area contributed by atoms with Gasteiger partial charge in [-0.25, -0.2) is 8.78 Å². The number of carbonyl (C=O) groups is 1. The van der Waals surface area contributed by atoms with Crippen molar-refractivity contribution < 1.29 is 13.6 Å². The highest BCUT2D eigenvalue weighted by Crippen LogP contribution is 2.15. The SMILES string of the molecule is CC(=O)NC1CCCN(Cc2cc(F)cc(F)c2)C1. The van der Waals surface area contributed by atoms with E-state index in [4.69, 9.17) is 0 Å². The first-order valence-corrected chi connectivity index (χ1v) is 6.47. The van der Waals surface area contributed by atoms with Crippen LogP contribution in [-0.2, 0) is 11.3 Å². The lowest BCUT2D eigenvalue weighted by molar-refractivity contribution is -0.120. The first-order chi connectivity index (χ1) is 9.02. The quantitative estimate of drug-likeness (QED) is 0.910. The van der Waals surface area contributed by atoms with Gasteiger partial charge in [-0.05, 0) is 37.1 Å². The topological polar surface area (TPSA) is 32.3 Å². The van der Waals surface area contributed by atoms with Crippen LogP contribution in [-0.4, -0.2) is 29.9 Å². The zero-order valence-corrected chi connectivity index (χ0v) is 11.0. The van der Waals surface area contributed by atoms with Crippen LogP contribution in [0, 0.1) is 11.6 Å². The minimum atomic E-state index is -0.551. The van der Waals surface area contributed by atoms with Crippen molar-refractivity contribution in [3.8, 4) is 0 Å². The minimum absolute atomic E-state index is 0.0383. The molecule has 0 aromatic heterocycles. The molecular weight excluding hydrogens is 250 g/mol. The molecule has 1 N–H and O–H groups in total. The van der Waals surface area contributed by atoms with Crippen molar-refractivity contribution in [1.82, 2.24) is 10.2 Å². The Morgan fingerprint density at radius 2 is 2.05 bits per heavy atom. The third kappa shape index (κ3) is 4.28. The average molecular weight is 268 g/mol. The third-order valence-electron chi connectivity index (χ3n) is 3.24. The molecule has 0 spiro atoms. The van der Waals surface area contributed by atoms with Crippen molar-refractivity contribution in [1.29, 1.82) is 0 Å². The molecule has 0 radical (unpaired) electrons. The smallest absolute Gasteiger partial charge is 0.217 e. The number of nitrogens with one attached hydrogen (secondary N) is 1. The van der Waals surface area contributed by atoms with E-state index < -0.39 is 11.6 Å². The fraction of sp³-hybridized carbons (Fsp3) is 0.500. The fourth-order valence-corrected chi connectivity index (χ4v) is 2.56. The van der Waals surface area contributed by atoms with Crippen LogP contribution in [0.3, 0.4) is 0 Å². The summed E-state index contributed by atoms with van der Waals surface area (Å²) in [6, 6.07) is 3.71. The van der Waals surface area contributed by atoms with Gasteiger partial charge in [0.15, 0.2) is 0 Å². The fourth-order valence-electron chi connectivity index (χ4n) is 2.56. The van der Waals surface area contributed by atoms with Gasteiger partial charge in [-0.3, -0.25) is 9.69 Å².